The molecule has 1 amide bonds. The van der Waals surface area contributed by atoms with E-state index in [9.17, 15) is 39.9 Å². The van der Waals surface area contributed by atoms with Crippen LogP contribution in [0.25, 0.3) is 0 Å². The minimum Gasteiger partial charge on any atom is -0.347 e. The molecule has 142 valence electrons. The van der Waals surface area contributed by atoms with Gasteiger partial charge in [-0.25, -0.2) is 0 Å². The van der Waals surface area contributed by atoms with Crippen LogP contribution in [0.1, 0.15) is 29.3 Å². The first-order valence-corrected chi connectivity index (χ1v) is 6.69. The van der Waals surface area contributed by atoms with Crippen LogP contribution in [-0.2, 0) is 10.7 Å². The van der Waals surface area contributed by atoms with E-state index in [1.165, 1.54) is 6.92 Å². The third-order valence-electron chi connectivity index (χ3n) is 3.00. The molecule has 1 atom stereocenters. The number of amides is 1. The molecule has 0 bridgehead atoms. The highest BCUT2D eigenvalue weighted by atomic mass is 19.4. The van der Waals surface area contributed by atoms with Gasteiger partial charge in [-0.3, -0.25) is 14.5 Å². The van der Waals surface area contributed by atoms with Crippen molar-refractivity contribution in [2.75, 3.05) is 6.61 Å². The molecule has 1 heterocycles. The van der Waals surface area contributed by atoms with Gasteiger partial charge in [0, 0.05) is 18.0 Å². The van der Waals surface area contributed by atoms with Crippen molar-refractivity contribution in [2.45, 2.75) is 37.8 Å². The van der Waals surface area contributed by atoms with Gasteiger partial charge < -0.3 is 5.32 Å². The normalized spacial score (nSPS) is 14.3. The maximum atomic E-state index is 13.2. The summed E-state index contributed by atoms with van der Waals surface area (Å²) in [4.78, 5) is 15.0. The molecule has 0 spiro atoms. The molecule has 1 unspecified atom stereocenters. The molecule has 0 aliphatic heterocycles. The second-order valence-electron chi connectivity index (χ2n) is 4.87. The van der Waals surface area contributed by atoms with E-state index in [0.717, 1.165) is 0 Å². The number of pyridine rings is 1. The Morgan fingerprint density at radius 1 is 1.16 bits per heavy atom. The molecule has 1 rings (SSSR count). The number of aromatic nitrogens is 1. The average Bonchev–Trinajstić information content (AvgIpc) is 2.49. The van der Waals surface area contributed by atoms with Gasteiger partial charge >= 0.3 is 18.5 Å². The van der Waals surface area contributed by atoms with Crippen molar-refractivity contribution in [3.63, 3.8) is 0 Å². The summed E-state index contributed by atoms with van der Waals surface area (Å²) in [6.07, 6.45) is -9.88. The standard InChI is InChI=1S/C13H12F8N2O2/c1-2-9(6-25-13(19,20)21)23-10(24)7-3-8(5-22-4-7)11(14,15)12(16,17)18/h3-5,9H,2,6H2,1H3,(H,23,24). The Hall–Kier alpha value is -1.98. The van der Waals surface area contributed by atoms with E-state index in [1.54, 1.807) is 0 Å². The van der Waals surface area contributed by atoms with E-state index in [0.29, 0.717) is 6.20 Å². The highest BCUT2D eigenvalue weighted by Gasteiger charge is 2.59. The first-order chi connectivity index (χ1) is 11.3. The number of nitrogens with one attached hydrogen (secondary N) is 1. The predicted octanol–water partition coefficient (Wildman–Crippen LogP) is 3.78. The lowest BCUT2D eigenvalue weighted by Gasteiger charge is -2.21. The summed E-state index contributed by atoms with van der Waals surface area (Å²) in [5.41, 5.74) is -2.22. The minimum atomic E-state index is -5.89. The number of nitrogens with zero attached hydrogens (tertiary/aromatic N) is 1. The number of alkyl halides is 8. The molecular weight excluding hydrogens is 368 g/mol. The van der Waals surface area contributed by atoms with Gasteiger partial charge in [-0.15, -0.1) is 13.2 Å². The predicted molar refractivity (Wildman–Crippen MR) is 67.7 cm³/mol. The zero-order valence-corrected chi connectivity index (χ0v) is 12.5. The van der Waals surface area contributed by atoms with Crippen LogP contribution in [0.4, 0.5) is 35.1 Å². The van der Waals surface area contributed by atoms with Gasteiger partial charge in [0.15, 0.2) is 0 Å². The minimum absolute atomic E-state index is 0.00630. The number of hydrogen-bond acceptors (Lipinski definition) is 3. The summed E-state index contributed by atoms with van der Waals surface area (Å²) in [6, 6.07) is -0.867. The van der Waals surface area contributed by atoms with Crippen molar-refractivity contribution in [1.29, 1.82) is 0 Å². The van der Waals surface area contributed by atoms with E-state index >= 15 is 0 Å². The number of carbonyl (C=O) groups excluding carboxylic acids is 1. The Morgan fingerprint density at radius 3 is 2.24 bits per heavy atom. The van der Waals surface area contributed by atoms with Crippen LogP contribution in [0, 0.1) is 0 Å². The summed E-state index contributed by atoms with van der Waals surface area (Å²) in [5, 5.41) is 2.04. The molecule has 1 aromatic heterocycles. The molecule has 0 fully saturated rings. The lowest BCUT2D eigenvalue weighted by molar-refractivity contribution is -0.326. The second-order valence-corrected chi connectivity index (χ2v) is 4.87. The molecule has 4 nitrogen and oxygen atoms in total. The summed E-state index contributed by atoms with van der Waals surface area (Å²) >= 11 is 0. The molecule has 0 aromatic carbocycles. The van der Waals surface area contributed by atoms with E-state index in [-0.39, 0.29) is 18.7 Å². The maximum absolute atomic E-state index is 13.2. The zero-order valence-electron chi connectivity index (χ0n) is 12.5. The fraction of sp³-hybridized carbons (Fsp3) is 0.538. The Bertz CT molecular complexity index is 600. The van der Waals surface area contributed by atoms with Gasteiger partial charge in [0.25, 0.3) is 5.91 Å². The Labute approximate surface area is 136 Å². The van der Waals surface area contributed by atoms with Crippen molar-refractivity contribution >= 4 is 5.91 Å². The van der Waals surface area contributed by atoms with E-state index in [4.69, 9.17) is 0 Å². The monoisotopic (exact) mass is 380 g/mol. The summed E-state index contributed by atoms with van der Waals surface area (Å²) in [5.74, 6) is -6.40. The molecule has 0 radical (unpaired) electrons. The third kappa shape index (κ3) is 5.80. The lowest BCUT2D eigenvalue weighted by atomic mass is 10.1. The zero-order chi connectivity index (χ0) is 19.5. The van der Waals surface area contributed by atoms with Gasteiger partial charge in [-0.1, -0.05) is 6.92 Å². The maximum Gasteiger partial charge on any atom is 0.522 e. The van der Waals surface area contributed by atoms with Crippen molar-refractivity contribution in [1.82, 2.24) is 10.3 Å². The molecule has 0 aliphatic carbocycles. The van der Waals surface area contributed by atoms with Crippen molar-refractivity contribution in [2.24, 2.45) is 0 Å². The number of ether oxygens (including phenoxy) is 1. The fourth-order valence-corrected chi connectivity index (χ4v) is 1.62. The fourth-order valence-electron chi connectivity index (χ4n) is 1.62. The SMILES string of the molecule is CCC(COC(F)(F)F)NC(=O)c1cncc(C(F)(F)C(F)(F)F)c1. The number of hydrogen-bond donors (Lipinski definition) is 1. The van der Waals surface area contributed by atoms with E-state index in [1.807, 2.05) is 5.32 Å². The molecule has 1 aromatic rings. The first kappa shape index (κ1) is 21.1. The van der Waals surface area contributed by atoms with Gasteiger partial charge in [-0.05, 0) is 12.5 Å². The number of rotatable bonds is 6. The first-order valence-electron chi connectivity index (χ1n) is 6.69. The van der Waals surface area contributed by atoms with Crippen molar-refractivity contribution in [3.05, 3.63) is 29.6 Å². The quantitative estimate of drug-likeness (QED) is 0.765. The third-order valence-corrected chi connectivity index (χ3v) is 3.00. The Balaban J connectivity index is 2.91. The molecular formula is C13H12F8N2O2. The van der Waals surface area contributed by atoms with Crippen LogP contribution < -0.4 is 5.32 Å². The van der Waals surface area contributed by atoms with Crippen LogP contribution in [-0.4, -0.2) is 36.1 Å². The lowest BCUT2D eigenvalue weighted by Crippen LogP contribution is -2.39. The Kier molecular flexibility index (Phi) is 6.32. The van der Waals surface area contributed by atoms with Crippen molar-refractivity contribution in [3.8, 4) is 0 Å². The highest BCUT2D eigenvalue weighted by Crippen LogP contribution is 2.43. The van der Waals surface area contributed by atoms with Crippen molar-refractivity contribution < 1.29 is 44.7 Å². The van der Waals surface area contributed by atoms with Crippen LogP contribution >= 0.6 is 0 Å². The molecule has 25 heavy (non-hydrogen) atoms. The number of halogens is 8. The summed E-state index contributed by atoms with van der Waals surface area (Å²) < 4.78 is 103. The van der Waals surface area contributed by atoms with E-state index < -0.39 is 48.1 Å². The van der Waals surface area contributed by atoms with Gasteiger partial charge in [0.1, 0.15) is 0 Å². The molecule has 0 saturated heterocycles. The second kappa shape index (κ2) is 7.50. The largest absolute Gasteiger partial charge is 0.522 e. The molecule has 12 heteroatoms. The van der Waals surface area contributed by atoms with Crippen LogP contribution in [0.5, 0.6) is 0 Å². The van der Waals surface area contributed by atoms with E-state index in [2.05, 4.69) is 9.72 Å². The number of carbonyl (C=O) groups is 1. The van der Waals surface area contributed by atoms with Crippen LogP contribution in [0.3, 0.4) is 0 Å². The van der Waals surface area contributed by atoms with Crippen LogP contribution in [0.2, 0.25) is 0 Å². The topological polar surface area (TPSA) is 51.2 Å². The average molecular weight is 380 g/mol. The highest BCUT2D eigenvalue weighted by molar-refractivity contribution is 5.94. The van der Waals surface area contributed by atoms with Crippen LogP contribution in [0.15, 0.2) is 18.5 Å². The summed E-state index contributed by atoms with van der Waals surface area (Å²) in [6.45, 7) is 0.467. The molecule has 1 N–H and O–H groups in total. The molecule has 0 aliphatic rings. The molecule has 0 saturated carbocycles. The van der Waals surface area contributed by atoms with Gasteiger partial charge in [0.2, 0.25) is 0 Å². The Morgan fingerprint density at radius 2 is 1.76 bits per heavy atom. The smallest absolute Gasteiger partial charge is 0.347 e. The summed E-state index contributed by atoms with van der Waals surface area (Å²) in [7, 11) is 0. The van der Waals surface area contributed by atoms with Gasteiger partial charge in [-0.2, -0.15) is 22.0 Å². The van der Waals surface area contributed by atoms with Gasteiger partial charge in [0.05, 0.1) is 18.2 Å².